The van der Waals surface area contributed by atoms with Crippen LogP contribution in [0.4, 0.5) is 0 Å². The highest BCUT2D eigenvalue weighted by Crippen LogP contribution is 2.18. The Bertz CT molecular complexity index is 87.2. The Labute approximate surface area is 93.1 Å². The maximum atomic E-state index is 2.34. The number of hydrogen-bond donors (Lipinski definition) is 0. The van der Waals surface area contributed by atoms with Crippen LogP contribution in [-0.4, -0.2) is 31.7 Å². The van der Waals surface area contributed by atoms with Gasteiger partial charge in [-0.1, -0.05) is 48.5 Å². The van der Waals surface area contributed by atoms with Crippen LogP contribution in [0.5, 0.6) is 0 Å². The van der Waals surface area contributed by atoms with Crippen LogP contribution in [-0.2, 0) is 0 Å². The van der Waals surface area contributed by atoms with Crippen molar-refractivity contribution in [3.8, 4) is 0 Å². The van der Waals surface area contributed by atoms with Gasteiger partial charge < -0.3 is 4.48 Å². The Morgan fingerprint density at radius 1 is 0.857 bits per heavy atom. The number of rotatable bonds is 0. The Hall–Kier alpha value is -0.0400. The molecule has 0 aromatic rings. The van der Waals surface area contributed by atoms with Crippen molar-refractivity contribution >= 4 is 0 Å². The highest BCUT2D eigenvalue weighted by molar-refractivity contribution is 4.57. The Morgan fingerprint density at radius 2 is 1.21 bits per heavy atom. The van der Waals surface area contributed by atoms with Crippen LogP contribution in [0.1, 0.15) is 54.9 Å². The Balaban J connectivity index is -0.000000174. The topological polar surface area (TPSA) is 0 Å². The van der Waals surface area contributed by atoms with E-state index in [1.807, 2.05) is 41.5 Å². The molecular weight excluding hydrogens is 170 g/mol. The van der Waals surface area contributed by atoms with Crippen LogP contribution in [0.3, 0.4) is 0 Å². The molecule has 1 aliphatic heterocycles. The van der Waals surface area contributed by atoms with E-state index in [-0.39, 0.29) is 0 Å². The van der Waals surface area contributed by atoms with Crippen molar-refractivity contribution in [2.24, 2.45) is 5.92 Å². The minimum atomic E-state index is 0.963. The average Bonchev–Trinajstić information content (AvgIpc) is 2.54. The first-order chi connectivity index (χ1) is 6.60. The van der Waals surface area contributed by atoms with Crippen LogP contribution in [0.25, 0.3) is 0 Å². The zero-order valence-corrected chi connectivity index (χ0v) is 12.1. The summed E-state index contributed by atoms with van der Waals surface area (Å²) in [6, 6.07) is 0. The highest BCUT2D eigenvalue weighted by atomic mass is 15.3. The summed E-state index contributed by atoms with van der Waals surface area (Å²) in [7, 11) is 4.62. The first-order valence-corrected chi connectivity index (χ1v) is 6.42. The van der Waals surface area contributed by atoms with Crippen molar-refractivity contribution in [3.63, 3.8) is 0 Å². The van der Waals surface area contributed by atoms with E-state index >= 15 is 0 Å². The molecule has 0 aromatic heterocycles. The molecule has 0 radical (unpaired) electrons. The van der Waals surface area contributed by atoms with Gasteiger partial charge in [0, 0.05) is 12.3 Å². The fraction of sp³-hybridized carbons (Fsp3) is 1.00. The first-order valence-electron chi connectivity index (χ1n) is 6.42. The lowest BCUT2D eigenvalue weighted by Gasteiger charge is -2.22. The highest BCUT2D eigenvalue weighted by Gasteiger charge is 2.26. The van der Waals surface area contributed by atoms with Crippen molar-refractivity contribution < 1.29 is 4.48 Å². The van der Waals surface area contributed by atoms with E-state index in [0.717, 1.165) is 5.92 Å². The van der Waals surface area contributed by atoms with E-state index in [0.29, 0.717) is 0 Å². The fourth-order valence-corrected chi connectivity index (χ4v) is 1.60. The first kappa shape index (κ1) is 19.5. The average molecular weight is 204 g/mol. The van der Waals surface area contributed by atoms with Gasteiger partial charge in [-0.3, -0.25) is 0 Å². The molecule has 0 aromatic carbocycles. The number of hydrogen-bond acceptors (Lipinski definition) is 0. The van der Waals surface area contributed by atoms with Gasteiger partial charge in [-0.15, -0.1) is 0 Å². The quantitative estimate of drug-likeness (QED) is 0.519. The van der Waals surface area contributed by atoms with E-state index in [1.165, 1.54) is 24.0 Å². The Kier molecular flexibility index (Phi) is 18.1. The largest absolute Gasteiger partial charge is 0.328 e. The van der Waals surface area contributed by atoms with Gasteiger partial charge in [0.1, 0.15) is 0 Å². The lowest BCUT2D eigenvalue weighted by atomic mass is 10.2. The minimum absolute atomic E-state index is 0.963. The lowest BCUT2D eigenvalue weighted by Crippen LogP contribution is -2.36. The smallest absolute Gasteiger partial charge is 0.0810 e. The zero-order valence-electron chi connectivity index (χ0n) is 12.1. The van der Waals surface area contributed by atoms with Gasteiger partial charge >= 0.3 is 0 Å². The Morgan fingerprint density at radius 3 is 1.29 bits per heavy atom. The van der Waals surface area contributed by atoms with Gasteiger partial charge in [-0.25, -0.2) is 0 Å². The molecule has 1 unspecified atom stereocenters. The summed E-state index contributed by atoms with van der Waals surface area (Å²) in [5, 5.41) is 0. The van der Waals surface area contributed by atoms with E-state index in [4.69, 9.17) is 0 Å². The van der Waals surface area contributed by atoms with Crippen molar-refractivity contribution in [2.45, 2.75) is 54.9 Å². The summed E-state index contributed by atoms with van der Waals surface area (Å²) in [4.78, 5) is 0. The summed E-state index contributed by atoms with van der Waals surface area (Å²) < 4.78 is 1.24. The van der Waals surface area contributed by atoms with Gasteiger partial charge in [0.2, 0.25) is 0 Å². The summed E-state index contributed by atoms with van der Waals surface area (Å²) in [6.45, 7) is 17.1. The van der Waals surface area contributed by atoms with E-state index in [1.54, 1.807) is 0 Å². The van der Waals surface area contributed by atoms with Crippen molar-refractivity contribution in [1.82, 2.24) is 0 Å². The van der Waals surface area contributed by atoms with Crippen LogP contribution >= 0.6 is 0 Å². The van der Waals surface area contributed by atoms with Gasteiger partial charge in [-0.2, -0.15) is 0 Å². The van der Waals surface area contributed by atoms with Crippen molar-refractivity contribution in [2.75, 3.05) is 27.2 Å². The molecule has 0 saturated carbocycles. The second-order valence-corrected chi connectivity index (χ2v) is 3.74. The third kappa shape index (κ3) is 12.0. The molecule has 1 aliphatic rings. The molecule has 1 saturated heterocycles. The zero-order chi connectivity index (χ0) is 12.2. The predicted octanol–water partition coefficient (Wildman–Crippen LogP) is 4.18. The molecule has 1 rings (SSSR count). The standard InChI is InChI=1S/C7H16N.3C2H6/c1-7-4-5-8(2,3)6-7;3*1-2/h7H,4-6H2,1-3H3;3*1-2H3/q+1;;;. The third-order valence-corrected chi connectivity index (χ3v) is 2.03. The second kappa shape index (κ2) is 13.0. The molecule has 90 valence electrons. The molecule has 1 atom stereocenters. The van der Waals surface area contributed by atoms with E-state index < -0.39 is 0 Å². The fourth-order valence-electron chi connectivity index (χ4n) is 1.60. The summed E-state index contributed by atoms with van der Waals surface area (Å²) in [5.41, 5.74) is 0. The molecule has 0 amide bonds. The predicted molar refractivity (Wildman–Crippen MR) is 69.7 cm³/mol. The summed E-state index contributed by atoms with van der Waals surface area (Å²) in [5.74, 6) is 0.963. The van der Waals surface area contributed by atoms with Crippen molar-refractivity contribution in [3.05, 3.63) is 0 Å². The molecular formula is C13H34N+. The van der Waals surface area contributed by atoms with Crippen LogP contribution in [0.15, 0.2) is 0 Å². The van der Waals surface area contributed by atoms with Crippen molar-refractivity contribution in [1.29, 1.82) is 0 Å². The SMILES string of the molecule is CC.CC.CC.CC1CC[N+](C)(C)C1. The molecule has 14 heavy (non-hydrogen) atoms. The normalized spacial score (nSPS) is 21.6. The van der Waals surface area contributed by atoms with E-state index in [2.05, 4.69) is 21.0 Å². The number of nitrogens with zero attached hydrogens (tertiary/aromatic N) is 1. The maximum absolute atomic E-state index is 2.34. The van der Waals surface area contributed by atoms with Gasteiger partial charge in [0.25, 0.3) is 0 Å². The number of likely N-dealkylation sites (tertiary alicyclic amines) is 1. The molecule has 0 N–H and O–H groups in total. The summed E-state index contributed by atoms with van der Waals surface area (Å²) in [6.07, 6.45) is 1.42. The second-order valence-electron chi connectivity index (χ2n) is 3.74. The molecule has 1 nitrogen and oxygen atoms in total. The van der Waals surface area contributed by atoms with Gasteiger partial charge in [-0.05, 0) is 0 Å². The molecule has 1 fully saturated rings. The monoisotopic (exact) mass is 204 g/mol. The molecule has 0 aliphatic carbocycles. The van der Waals surface area contributed by atoms with Gasteiger partial charge in [0.05, 0.1) is 27.2 Å². The molecule has 1 heteroatoms. The molecule has 0 spiro atoms. The molecule has 1 heterocycles. The van der Waals surface area contributed by atoms with Crippen LogP contribution < -0.4 is 0 Å². The van der Waals surface area contributed by atoms with Gasteiger partial charge in [0.15, 0.2) is 0 Å². The van der Waals surface area contributed by atoms with Crippen LogP contribution in [0, 0.1) is 5.92 Å². The van der Waals surface area contributed by atoms with E-state index in [9.17, 15) is 0 Å². The lowest BCUT2D eigenvalue weighted by molar-refractivity contribution is -0.879. The van der Waals surface area contributed by atoms with Crippen LogP contribution in [0.2, 0.25) is 0 Å². The number of quaternary nitrogens is 1. The summed E-state index contributed by atoms with van der Waals surface area (Å²) >= 11 is 0. The maximum Gasteiger partial charge on any atom is 0.0810 e. The third-order valence-electron chi connectivity index (χ3n) is 2.03. The minimum Gasteiger partial charge on any atom is -0.328 e. The molecule has 0 bridgehead atoms.